The molecule has 0 bridgehead atoms. The number of halogens is 1. The lowest BCUT2D eigenvalue weighted by molar-refractivity contribution is 0.328. The summed E-state index contributed by atoms with van der Waals surface area (Å²) < 4.78 is 2.08. The summed E-state index contributed by atoms with van der Waals surface area (Å²) in [6.07, 6.45) is 5.23. The SMILES string of the molecule is CCCn1ncc(NC(C)CN2CCCC2)c(Br)c1=O. The minimum absolute atomic E-state index is 0.0646. The largest absolute Gasteiger partial charge is 0.379 e. The number of hydrogen-bond acceptors (Lipinski definition) is 4. The second-order valence-electron chi connectivity index (χ2n) is 5.45. The quantitative estimate of drug-likeness (QED) is 0.861. The minimum Gasteiger partial charge on any atom is -0.379 e. The molecule has 1 atom stereocenters. The van der Waals surface area contributed by atoms with E-state index in [1.54, 1.807) is 6.20 Å². The van der Waals surface area contributed by atoms with Gasteiger partial charge < -0.3 is 10.2 Å². The Morgan fingerprint density at radius 1 is 1.45 bits per heavy atom. The molecule has 0 amide bonds. The number of hydrogen-bond donors (Lipinski definition) is 1. The van der Waals surface area contributed by atoms with E-state index in [-0.39, 0.29) is 5.56 Å². The highest BCUT2D eigenvalue weighted by Crippen LogP contribution is 2.18. The molecule has 0 spiro atoms. The molecule has 1 N–H and O–H groups in total. The van der Waals surface area contributed by atoms with E-state index in [1.165, 1.54) is 30.6 Å². The maximum Gasteiger partial charge on any atom is 0.283 e. The van der Waals surface area contributed by atoms with Crippen molar-refractivity contribution in [1.29, 1.82) is 0 Å². The first-order chi connectivity index (χ1) is 9.61. The van der Waals surface area contributed by atoms with Crippen LogP contribution in [0, 0.1) is 0 Å². The van der Waals surface area contributed by atoms with Crippen molar-refractivity contribution in [2.45, 2.75) is 45.7 Å². The molecule has 0 aliphatic carbocycles. The van der Waals surface area contributed by atoms with Gasteiger partial charge in [-0.15, -0.1) is 0 Å². The first-order valence-electron chi connectivity index (χ1n) is 7.36. The summed E-state index contributed by atoms with van der Waals surface area (Å²) in [6, 6.07) is 0.299. The molecule has 1 unspecified atom stereocenters. The Hall–Kier alpha value is -0.880. The van der Waals surface area contributed by atoms with Gasteiger partial charge in [-0.2, -0.15) is 5.10 Å². The van der Waals surface area contributed by atoms with Crippen molar-refractivity contribution in [3.05, 3.63) is 21.0 Å². The van der Waals surface area contributed by atoms with Crippen LogP contribution in [0.25, 0.3) is 0 Å². The molecule has 2 rings (SSSR count). The van der Waals surface area contributed by atoms with Crippen LogP contribution in [-0.2, 0) is 6.54 Å². The van der Waals surface area contributed by atoms with Crippen LogP contribution in [0.2, 0.25) is 0 Å². The molecule has 1 saturated heterocycles. The minimum atomic E-state index is -0.0646. The van der Waals surface area contributed by atoms with Crippen LogP contribution in [0.5, 0.6) is 0 Å². The fourth-order valence-corrected chi connectivity index (χ4v) is 3.02. The van der Waals surface area contributed by atoms with E-state index in [1.807, 2.05) is 6.92 Å². The summed E-state index contributed by atoms with van der Waals surface area (Å²) >= 11 is 3.39. The molecule has 0 saturated carbocycles. The lowest BCUT2D eigenvalue weighted by atomic mass is 10.3. The average Bonchev–Trinajstić information content (AvgIpc) is 2.91. The van der Waals surface area contributed by atoms with Crippen molar-refractivity contribution in [3.63, 3.8) is 0 Å². The van der Waals surface area contributed by atoms with Gasteiger partial charge in [0, 0.05) is 19.1 Å². The maximum absolute atomic E-state index is 12.1. The third kappa shape index (κ3) is 3.82. The lowest BCUT2D eigenvalue weighted by Crippen LogP contribution is -2.34. The Bertz CT molecular complexity index is 496. The molecular formula is C14H23BrN4O. The van der Waals surface area contributed by atoms with Crippen molar-refractivity contribution < 1.29 is 0 Å². The molecule has 5 nitrogen and oxygen atoms in total. The highest BCUT2D eigenvalue weighted by atomic mass is 79.9. The molecular weight excluding hydrogens is 320 g/mol. The van der Waals surface area contributed by atoms with Gasteiger partial charge in [-0.1, -0.05) is 6.92 Å². The zero-order chi connectivity index (χ0) is 14.5. The van der Waals surface area contributed by atoms with E-state index in [4.69, 9.17) is 0 Å². The van der Waals surface area contributed by atoms with Crippen molar-refractivity contribution in [2.75, 3.05) is 25.0 Å². The van der Waals surface area contributed by atoms with Crippen LogP contribution in [0.1, 0.15) is 33.1 Å². The van der Waals surface area contributed by atoms with Crippen LogP contribution in [0.15, 0.2) is 15.5 Å². The highest BCUT2D eigenvalue weighted by Gasteiger charge is 2.16. The van der Waals surface area contributed by atoms with Gasteiger partial charge in [-0.25, -0.2) is 4.68 Å². The van der Waals surface area contributed by atoms with E-state index >= 15 is 0 Å². The summed E-state index contributed by atoms with van der Waals surface area (Å²) in [7, 11) is 0. The van der Waals surface area contributed by atoms with Crippen LogP contribution in [0.4, 0.5) is 5.69 Å². The van der Waals surface area contributed by atoms with Gasteiger partial charge in [0.1, 0.15) is 4.47 Å². The molecule has 6 heteroatoms. The summed E-state index contributed by atoms with van der Waals surface area (Å²) in [5.41, 5.74) is 0.722. The molecule has 1 aliphatic rings. The summed E-state index contributed by atoms with van der Waals surface area (Å²) in [6.45, 7) is 8.20. The van der Waals surface area contributed by atoms with Crippen molar-refractivity contribution in [2.24, 2.45) is 0 Å². The normalized spacial score (nSPS) is 17.4. The summed E-state index contributed by atoms with van der Waals surface area (Å²) in [4.78, 5) is 14.6. The van der Waals surface area contributed by atoms with Gasteiger partial charge in [0.05, 0.1) is 11.9 Å². The molecule has 1 aromatic rings. The Morgan fingerprint density at radius 3 is 2.80 bits per heavy atom. The van der Waals surface area contributed by atoms with Crippen LogP contribution >= 0.6 is 15.9 Å². The van der Waals surface area contributed by atoms with Crippen molar-refractivity contribution in [3.8, 4) is 0 Å². The predicted octanol–water partition coefficient (Wildman–Crippen LogP) is 2.31. The molecule has 2 heterocycles. The van der Waals surface area contributed by atoms with Gasteiger partial charge in [0.2, 0.25) is 0 Å². The molecule has 1 aromatic heterocycles. The summed E-state index contributed by atoms with van der Waals surface area (Å²) in [5, 5.41) is 7.59. The lowest BCUT2D eigenvalue weighted by Gasteiger charge is -2.22. The van der Waals surface area contributed by atoms with Crippen LogP contribution < -0.4 is 10.9 Å². The Balaban J connectivity index is 2.01. The Labute approximate surface area is 128 Å². The van der Waals surface area contributed by atoms with Gasteiger partial charge in [0.25, 0.3) is 5.56 Å². The smallest absolute Gasteiger partial charge is 0.283 e. The van der Waals surface area contributed by atoms with E-state index in [0.29, 0.717) is 17.1 Å². The topological polar surface area (TPSA) is 50.2 Å². The van der Waals surface area contributed by atoms with E-state index in [2.05, 4.69) is 38.2 Å². The monoisotopic (exact) mass is 342 g/mol. The van der Waals surface area contributed by atoms with Crippen LogP contribution in [-0.4, -0.2) is 40.4 Å². The van der Waals surface area contributed by atoms with Crippen molar-refractivity contribution in [1.82, 2.24) is 14.7 Å². The molecule has 0 aromatic carbocycles. The Morgan fingerprint density at radius 2 is 2.15 bits per heavy atom. The van der Waals surface area contributed by atoms with Crippen LogP contribution in [0.3, 0.4) is 0 Å². The fraction of sp³-hybridized carbons (Fsp3) is 0.714. The average molecular weight is 343 g/mol. The number of likely N-dealkylation sites (tertiary alicyclic amines) is 1. The van der Waals surface area contributed by atoms with Gasteiger partial charge in [-0.3, -0.25) is 4.79 Å². The highest BCUT2D eigenvalue weighted by molar-refractivity contribution is 9.10. The van der Waals surface area contributed by atoms with E-state index in [0.717, 1.165) is 18.7 Å². The number of aromatic nitrogens is 2. The van der Waals surface area contributed by atoms with Gasteiger partial charge in [-0.05, 0) is 55.2 Å². The first kappa shape index (κ1) is 15.5. The third-order valence-corrected chi connectivity index (χ3v) is 4.32. The number of rotatable bonds is 6. The third-order valence-electron chi connectivity index (χ3n) is 3.55. The zero-order valence-electron chi connectivity index (χ0n) is 12.2. The predicted molar refractivity (Wildman–Crippen MR) is 85.2 cm³/mol. The van der Waals surface area contributed by atoms with Gasteiger partial charge in [0.15, 0.2) is 0 Å². The van der Waals surface area contributed by atoms with E-state index in [9.17, 15) is 4.79 Å². The van der Waals surface area contributed by atoms with E-state index < -0.39 is 0 Å². The summed E-state index contributed by atoms with van der Waals surface area (Å²) in [5.74, 6) is 0. The Kier molecular flexibility index (Phi) is 5.60. The second-order valence-corrected chi connectivity index (χ2v) is 6.25. The number of aryl methyl sites for hydroxylation is 1. The number of nitrogens with zero attached hydrogens (tertiary/aromatic N) is 3. The maximum atomic E-state index is 12.1. The molecule has 0 radical (unpaired) electrons. The zero-order valence-corrected chi connectivity index (χ0v) is 13.8. The fourth-order valence-electron chi connectivity index (χ4n) is 2.60. The molecule has 1 fully saturated rings. The number of nitrogens with one attached hydrogen (secondary N) is 1. The van der Waals surface area contributed by atoms with Crippen molar-refractivity contribution >= 4 is 21.6 Å². The molecule has 112 valence electrons. The molecule has 20 heavy (non-hydrogen) atoms. The second kappa shape index (κ2) is 7.22. The van der Waals surface area contributed by atoms with Gasteiger partial charge >= 0.3 is 0 Å². The molecule has 1 aliphatic heterocycles. The standard InChI is InChI=1S/C14H23BrN4O/c1-3-6-19-14(20)13(15)12(9-16-19)17-11(2)10-18-7-4-5-8-18/h9,11,17H,3-8,10H2,1-2H3. The first-order valence-corrected chi connectivity index (χ1v) is 8.15. The number of anilines is 1.